The molecule has 2 N–H and O–H groups in total. The Morgan fingerprint density at radius 3 is 2.48 bits per heavy atom. The standard InChI is InChI=1S/C15H20INO4/c1-9-10(5-11(16)6-12(9)14(19)20)7-17-8-13(18)21-15(2,3)4/h5-6,17H,7-8H2,1-4H3,(H,19,20). The highest BCUT2D eigenvalue weighted by Crippen LogP contribution is 2.18. The van der Waals surface area contributed by atoms with Gasteiger partial charge in [0.15, 0.2) is 0 Å². The van der Waals surface area contributed by atoms with Gasteiger partial charge in [-0.3, -0.25) is 4.79 Å². The number of esters is 1. The van der Waals surface area contributed by atoms with Crippen LogP contribution in [0.1, 0.15) is 42.3 Å². The number of aromatic carboxylic acids is 1. The van der Waals surface area contributed by atoms with Crippen molar-refractivity contribution in [2.24, 2.45) is 0 Å². The van der Waals surface area contributed by atoms with E-state index in [1.807, 2.05) is 26.8 Å². The molecular weight excluding hydrogens is 385 g/mol. The van der Waals surface area contributed by atoms with Gasteiger partial charge in [0.25, 0.3) is 0 Å². The predicted octanol–water partition coefficient (Wildman–Crippen LogP) is 2.73. The van der Waals surface area contributed by atoms with Crippen molar-refractivity contribution in [2.75, 3.05) is 6.54 Å². The van der Waals surface area contributed by atoms with Gasteiger partial charge >= 0.3 is 11.9 Å². The molecule has 0 aliphatic carbocycles. The van der Waals surface area contributed by atoms with E-state index in [4.69, 9.17) is 9.84 Å². The second-order valence-corrected chi connectivity index (χ2v) is 6.98. The van der Waals surface area contributed by atoms with E-state index < -0.39 is 11.6 Å². The van der Waals surface area contributed by atoms with Crippen molar-refractivity contribution in [3.8, 4) is 0 Å². The number of carbonyl (C=O) groups excluding carboxylic acids is 1. The first-order chi connectivity index (χ1) is 9.60. The average molecular weight is 405 g/mol. The molecule has 0 aromatic heterocycles. The fourth-order valence-corrected chi connectivity index (χ4v) is 2.51. The lowest BCUT2D eigenvalue weighted by Gasteiger charge is -2.19. The zero-order valence-electron chi connectivity index (χ0n) is 12.6. The molecule has 116 valence electrons. The minimum absolute atomic E-state index is 0.0879. The van der Waals surface area contributed by atoms with Gasteiger partial charge in [-0.05, 0) is 73.5 Å². The first-order valence-corrected chi connectivity index (χ1v) is 7.63. The van der Waals surface area contributed by atoms with Crippen molar-refractivity contribution in [3.05, 3.63) is 32.4 Å². The molecule has 0 amide bonds. The van der Waals surface area contributed by atoms with Gasteiger partial charge in [-0.25, -0.2) is 4.79 Å². The van der Waals surface area contributed by atoms with Crippen LogP contribution >= 0.6 is 22.6 Å². The van der Waals surface area contributed by atoms with Gasteiger partial charge in [-0.1, -0.05) is 0 Å². The molecule has 1 aromatic rings. The highest BCUT2D eigenvalue weighted by molar-refractivity contribution is 14.1. The molecule has 0 atom stereocenters. The molecule has 1 rings (SSSR count). The topological polar surface area (TPSA) is 75.6 Å². The number of rotatable bonds is 5. The lowest BCUT2D eigenvalue weighted by Crippen LogP contribution is -2.31. The van der Waals surface area contributed by atoms with E-state index in [9.17, 15) is 9.59 Å². The van der Waals surface area contributed by atoms with Crippen molar-refractivity contribution in [1.29, 1.82) is 0 Å². The molecule has 0 spiro atoms. The molecule has 0 fully saturated rings. The third-order valence-corrected chi connectivity index (χ3v) is 3.34. The number of carboxylic acid groups (broad SMARTS) is 1. The molecule has 1 aromatic carbocycles. The number of benzene rings is 1. The molecule has 0 heterocycles. The molecule has 0 unspecified atom stereocenters. The Morgan fingerprint density at radius 1 is 1.33 bits per heavy atom. The number of halogens is 1. The molecule has 6 heteroatoms. The first kappa shape index (κ1) is 17.9. The monoisotopic (exact) mass is 405 g/mol. The maximum Gasteiger partial charge on any atom is 0.335 e. The fourth-order valence-electron chi connectivity index (χ4n) is 1.82. The van der Waals surface area contributed by atoms with E-state index in [-0.39, 0.29) is 18.1 Å². The van der Waals surface area contributed by atoms with Crippen molar-refractivity contribution >= 4 is 34.5 Å². The van der Waals surface area contributed by atoms with Crippen molar-refractivity contribution < 1.29 is 19.4 Å². The fraction of sp³-hybridized carbons (Fsp3) is 0.467. The number of hydrogen-bond donors (Lipinski definition) is 2. The lowest BCUT2D eigenvalue weighted by atomic mass is 10.0. The number of carboxylic acids is 1. The van der Waals surface area contributed by atoms with Crippen molar-refractivity contribution in [2.45, 2.75) is 39.8 Å². The largest absolute Gasteiger partial charge is 0.478 e. The molecule has 0 bridgehead atoms. The van der Waals surface area contributed by atoms with Gasteiger partial charge in [-0.15, -0.1) is 0 Å². The lowest BCUT2D eigenvalue weighted by molar-refractivity contribution is -0.153. The Morgan fingerprint density at radius 2 is 1.95 bits per heavy atom. The third kappa shape index (κ3) is 6.01. The van der Waals surface area contributed by atoms with Gasteiger partial charge in [0.1, 0.15) is 5.60 Å². The predicted molar refractivity (Wildman–Crippen MR) is 88.4 cm³/mol. The molecular formula is C15H20INO4. The minimum Gasteiger partial charge on any atom is -0.478 e. The van der Waals surface area contributed by atoms with Crippen LogP contribution in [-0.4, -0.2) is 29.2 Å². The van der Waals surface area contributed by atoms with Gasteiger partial charge in [0.2, 0.25) is 0 Å². The summed E-state index contributed by atoms with van der Waals surface area (Å²) in [5.41, 5.74) is 1.35. The molecule has 0 radical (unpaired) electrons. The Kier molecular flexibility index (Phi) is 6.15. The van der Waals surface area contributed by atoms with Crippen LogP contribution in [0.3, 0.4) is 0 Å². The maximum atomic E-state index is 11.6. The van der Waals surface area contributed by atoms with E-state index in [0.29, 0.717) is 12.1 Å². The number of hydrogen-bond acceptors (Lipinski definition) is 4. The Balaban J connectivity index is 2.68. The highest BCUT2D eigenvalue weighted by atomic mass is 127. The van der Waals surface area contributed by atoms with E-state index in [1.165, 1.54) is 0 Å². The van der Waals surface area contributed by atoms with Crippen LogP contribution in [-0.2, 0) is 16.1 Å². The molecule has 21 heavy (non-hydrogen) atoms. The zero-order chi connectivity index (χ0) is 16.2. The van der Waals surface area contributed by atoms with Crippen LogP contribution in [0, 0.1) is 10.5 Å². The van der Waals surface area contributed by atoms with Gasteiger partial charge in [-0.2, -0.15) is 0 Å². The van der Waals surface area contributed by atoms with Crippen LogP contribution in [0.5, 0.6) is 0 Å². The van der Waals surface area contributed by atoms with Crippen molar-refractivity contribution in [1.82, 2.24) is 5.32 Å². The van der Waals surface area contributed by atoms with Crippen LogP contribution in [0.15, 0.2) is 12.1 Å². The smallest absolute Gasteiger partial charge is 0.335 e. The van der Waals surface area contributed by atoms with E-state index in [2.05, 4.69) is 27.9 Å². The SMILES string of the molecule is Cc1c(CNCC(=O)OC(C)(C)C)cc(I)cc1C(=O)O. The third-order valence-electron chi connectivity index (χ3n) is 2.72. The maximum absolute atomic E-state index is 11.6. The summed E-state index contributed by atoms with van der Waals surface area (Å²) in [5.74, 6) is -1.27. The summed E-state index contributed by atoms with van der Waals surface area (Å²) < 4.78 is 6.05. The van der Waals surface area contributed by atoms with Gasteiger partial charge in [0.05, 0.1) is 12.1 Å². The first-order valence-electron chi connectivity index (χ1n) is 6.55. The number of ether oxygens (including phenoxy) is 1. The second kappa shape index (κ2) is 7.22. The Labute approximate surface area is 138 Å². The average Bonchev–Trinajstić information content (AvgIpc) is 2.30. The summed E-state index contributed by atoms with van der Waals surface area (Å²) in [6.07, 6.45) is 0. The summed E-state index contributed by atoms with van der Waals surface area (Å²) in [6, 6.07) is 3.54. The summed E-state index contributed by atoms with van der Waals surface area (Å²) in [7, 11) is 0. The summed E-state index contributed by atoms with van der Waals surface area (Å²) in [4.78, 5) is 22.8. The normalized spacial score (nSPS) is 11.3. The second-order valence-electron chi connectivity index (χ2n) is 5.73. The molecule has 0 aliphatic rings. The summed E-state index contributed by atoms with van der Waals surface area (Å²) in [5, 5.41) is 12.1. The molecule has 0 aliphatic heterocycles. The van der Waals surface area contributed by atoms with Gasteiger partial charge < -0.3 is 15.2 Å². The zero-order valence-corrected chi connectivity index (χ0v) is 14.8. The Bertz CT molecular complexity index is 549. The van der Waals surface area contributed by atoms with E-state index in [0.717, 1.165) is 9.13 Å². The van der Waals surface area contributed by atoms with Crippen LogP contribution < -0.4 is 5.32 Å². The minimum atomic E-state index is -0.945. The highest BCUT2D eigenvalue weighted by Gasteiger charge is 2.16. The Hall–Kier alpha value is -1.15. The molecule has 0 saturated carbocycles. The quantitative estimate of drug-likeness (QED) is 0.582. The summed E-state index contributed by atoms with van der Waals surface area (Å²) in [6.45, 7) is 7.71. The summed E-state index contributed by atoms with van der Waals surface area (Å²) >= 11 is 2.08. The number of nitrogens with one attached hydrogen (secondary N) is 1. The van der Waals surface area contributed by atoms with E-state index >= 15 is 0 Å². The van der Waals surface area contributed by atoms with Gasteiger partial charge in [0, 0.05) is 10.1 Å². The van der Waals surface area contributed by atoms with Crippen LogP contribution in [0.2, 0.25) is 0 Å². The van der Waals surface area contributed by atoms with Crippen LogP contribution in [0.25, 0.3) is 0 Å². The number of carbonyl (C=O) groups is 2. The van der Waals surface area contributed by atoms with Crippen molar-refractivity contribution in [3.63, 3.8) is 0 Å². The molecule has 0 saturated heterocycles. The molecule has 5 nitrogen and oxygen atoms in total. The van der Waals surface area contributed by atoms with E-state index in [1.54, 1.807) is 13.0 Å². The van der Waals surface area contributed by atoms with Crippen LogP contribution in [0.4, 0.5) is 0 Å².